The van der Waals surface area contributed by atoms with E-state index in [1.165, 1.54) is 25.7 Å². The molecule has 2 aliphatic rings. The fourth-order valence-electron chi connectivity index (χ4n) is 4.99. The molecule has 0 unspecified atom stereocenters. The van der Waals surface area contributed by atoms with Gasteiger partial charge in [0, 0.05) is 32.2 Å². The van der Waals surface area contributed by atoms with Crippen LogP contribution >= 0.6 is 0 Å². The van der Waals surface area contributed by atoms with Gasteiger partial charge in [-0.15, -0.1) is 0 Å². The zero-order chi connectivity index (χ0) is 19.3. The highest BCUT2D eigenvalue weighted by Crippen LogP contribution is 2.30. The molecule has 3 nitrogen and oxygen atoms in total. The third-order valence-corrected chi connectivity index (χ3v) is 6.56. The Balaban J connectivity index is 1.46. The van der Waals surface area contributed by atoms with Crippen molar-refractivity contribution >= 4 is 5.91 Å². The lowest BCUT2D eigenvalue weighted by Crippen LogP contribution is -2.53. The van der Waals surface area contributed by atoms with Crippen molar-refractivity contribution < 1.29 is 4.79 Å². The molecule has 2 atom stereocenters. The molecule has 0 radical (unpaired) electrons. The molecule has 148 valence electrons. The smallest absolute Gasteiger partial charge is 0.234 e. The molecule has 0 bridgehead atoms. The van der Waals surface area contributed by atoms with Crippen molar-refractivity contribution in [2.75, 3.05) is 26.2 Å². The van der Waals surface area contributed by atoms with Crippen molar-refractivity contribution in [2.45, 2.75) is 44.6 Å². The van der Waals surface area contributed by atoms with Crippen LogP contribution in [-0.2, 0) is 4.79 Å². The molecular weight excluding hydrogens is 344 g/mol. The summed E-state index contributed by atoms with van der Waals surface area (Å²) in [5, 5.41) is 0. The molecule has 1 amide bonds. The molecule has 2 aromatic rings. The van der Waals surface area contributed by atoms with Crippen molar-refractivity contribution in [1.29, 1.82) is 0 Å². The Labute approximate surface area is 169 Å². The van der Waals surface area contributed by atoms with Crippen LogP contribution < -0.4 is 0 Å². The summed E-state index contributed by atoms with van der Waals surface area (Å²) in [6, 6.07) is 21.2. The van der Waals surface area contributed by atoms with E-state index in [9.17, 15) is 4.79 Å². The second kappa shape index (κ2) is 8.91. The van der Waals surface area contributed by atoms with Crippen LogP contribution in [0.4, 0.5) is 0 Å². The summed E-state index contributed by atoms with van der Waals surface area (Å²) in [7, 11) is 0. The van der Waals surface area contributed by atoms with Crippen molar-refractivity contribution in [3.05, 3.63) is 71.8 Å². The Morgan fingerprint density at radius 3 is 1.96 bits per heavy atom. The molecule has 3 heteroatoms. The zero-order valence-corrected chi connectivity index (χ0v) is 17.0. The van der Waals surface area contributed by atoms with E-state index in [1.807, 2.05) is 36.4 Å². The number of benzene rings is 2. The first-order valence-electron chi connectivity index (χ1n) is 10.8. The summed E-state index contributed by atoms with van der Waals surface area (Å²) in [4.78, 5) is 18.3. The zero-order valence-electron chi connectivity index (χ0n) is 17.0. The fraction of sp³-hybridized carbons (Fsp3) is 0.480. The predicted octanol–water partition coefficient (Wildman–Crippen LogP) is 4.54. The number of carbonyl (C=O) groups is 1. The molecule has 0 spiro atoms. The van der Waals surface area contributed by atoms with E-state index in [-0.39, 0.29) is 11.8 Å². The van der Waals surface area contributed by atoms with Gasteiger partial charge in [0.2, 0.25) is 5.91 Å². The van der Waals surface area contributed by atoms with Crippen LogP contribution in [0.5, 0.6) is 0 Å². The molecule has 1 heterocycles. The number of hydrogen-bond donors (Lipinski definition) is 0. The van der Waals surface area contributed by atoms with Crippen LogP contribution in [0, 0.1) is 5.92 Å². The standard InChI is InChI=1S/C25H32N2O/c1-20-9-8-14-23(19-20)26-15-17-27(18-16-26)25(28)24(21-10-4-2-5-11-21)22-12-6-3-7-13-22/h2-7,10-13,20,23-24H,8-9,14-19H2,1H3/t20-,23+/m1/s1. The number of rotatable bonds is 4. The van der Waals surface area contributed by atoms with E-state index in [0.717, 1.165) is 49.3 Å². The highest BCUT2D eigenvalue weighted by atomic mass is 16.2. The van der Waals surface area contributed by atoms with E-state index in [0.29, 0.717) is 0 Å². The van der Waals surface area contributed by atoms with E-state index in [4.69, 9.17) is 0 Å². The average Bonchev–Trinajstić information content (AvgIpc) is 2.75. The normalized spacial score (nSPS) is 23.7. The van der Waals surface area contributed by atoms with Crippen LogP contribution in [0.3, 0.4) is 0 Å². The molecule has 1 saturated heterocycles. The molecule has 4 rings (SSSR count). The first kappa shape index (κ1) is 19.2. The Morgan fingerprint density at radius 2 is 1.43 bits per heavy atom. The van der Waals surface area contributed by atoms with Gasteiger partial charge < -0.3 is 4.90 Å². The SMILES string of the molecule is C[C@@H]1CCC[C@H](N2CCN(C(=O)C(c3ccccc3)c3ccccc3)CC2)C1. The van der Waals surface area contributed by atoms with Gasteiger partial charge in [0.1, 0.15) is 0 Å². The lowest BCUT2D eigenvalue weighted by atomic mass is 9.86. The summed E-state index contributed by atoms with van der Waals surface area (Å²) in [6.07, 6.45) is 5.39. The number of piperazine rings is 1. The fourth-order valence-corrected chi connectivity index (χ4v) is 4.99. The van der Waals surface area contributed by atoms with Gasteiger partial charge in [0.15, 0.2) is 0 Å². The van der Waals surface area contributed by atoms with Crippen LogP contribution in [0.15, 0.2) is 60.7 Å². The Kier molecular flexibility index (Phi) is 6.11. The first-order chi connectivity index (χ1) is 13.7. The van der Waals surface area contributed by atoms with E-state index < -0.39 is 0 Å². The summed E-state index contributed by atoms with van der Waals surface area (Å²) in [5.74, 6) is 0.886. The van der Waals surface area contributed by atoms with Crippen LogP contribution in [0.25, 0.3) is 0 Å². The van der Waals surface area contributed by atoms with Gasteiger partial charge in [-0.2, -0.15) is 0 Å². The van der Waals surface area contributed by atoms with Gasteiger partial charge in [-0.05, 0) is 29.9 Å². The van der Waals surface area contributed by atoms with Gasteiger partial charge >= 0.3 is 0 Å². The highest BCUT2D eigenvalue weighted by molar-refractivity contribution is 5.87. The van der Waals surface area contributed by atoms with Gasteiger partial charge in [0.25, 0.3) is 0 Å². The molecule has 2 fully saturated rings. The van der Waals surface area contributed by atoms with Gasteiger partial charge in [0.05, 0.1) is 5.92 Å². The topological polar surface area (TPSA) is 23.6 Å². The Hall–Kier alpha value is -2.13. The average molecular weight is 377 g/mol. The lowest BCUT2D eigenvalue weighted by Gasteiger charge is -2.42. The minimum atomic E-state index is -0.205. The van der Waals surface area contributed by atoms with E-state index in [2.05, 4.69) is 41.0 Å². The molecular formula is C25H32N2O. The minimum Gasteiger partial charge on any atom is -0.339 e. The number of hydrogen-bond acceptors (Lipinski definition) is 2. The van der Waals surface area contributed by atoms with Crippen molar-refractivity contribution in [1.82, 2.24) is 9.80 Å². The van der Waals surface area contributed by atoms with Crippen LogP contribution in [-0.4, -0.2) is 47.9 Å². The molecule has 0 aromatic heterocycles. The molecule has 1 aliphatic heterocycles. The Bertz CT molecular complexity index is 713. The monoisotopic (exact) mass is 376 g/mol. The number of amides is 1. The summed E-state index contributed by atoms with van der Waals surface area (Å²) >= 11 is 0. The first-order valence-corrected chi connectivity index (χ1v) is 10.8. The van der Waals surface area contributed by atoms with Crippen molar-refractivity contribution in [2.24, 2.45) is 5.92 Å². The Morgan fingerprint density at radius 1 is 0.857 bits per heavy atom. The maximum Gasteiger partial charge on any atom is 0.234 e. The molecule has 28 heavy (non-hydrogen) atoms. The van der Waals surface area contributed by atoms with Crippen LogP contribution in [0.1, 0.15) is 49.7 Å². The maximum absolute atomic E-state index is 13.5. The van der Waals surface area contributed by atoms with E-state index in [1.54, 1.807) is 0 Å². The second-order valence-corrected chi connectivity index (χ2v) is 8.54. The van der Waals surface area contributed by atoms with Gasteiger partial charge in [-0.1, -0.05) is 80.4 Å². The van der Waals surface area contributed by atoms with Crippen molar-refractivity contribution in [3.63, 3.8) is 0 Å². The lowest BCUT2D eigenvalue weighted by molar-refractivity contribution is -0.134. The summed E-state index contributed by atoms with van der Waals surface area (Å²) in [5.41, 5.74) is 2.17. The largest absolute Gasteiger partial charge is 0.339 e. The van der Waals surface area contributed by atoms with Crippen molar-refractivity contribution in [3.8, 4) is 0 Å². The highest BCUT2D eigenvalue weighted by Gasteiger charge is 2.32. The molecule has 2 aromatic carbocycles. The number of nitrogens with zero attached hydrogens (tertiary/aromatic N) is 2. The second-order valence-electron chi connectivity index (χ2n) is 8.54. The van der Waals surface area contributed by atoms with E-state index >= 15 is 0 Å². The third kappa shape index (κ3) is 4.30. The molecule has 1 saturated carbocycles. The van der Waals surface area contributed by atoms with Gasteiger partial charge in [-0.3, -0.25) is 9.69 Å². The quantitative estimate of drug-likeness (QED) is 0.782. The van der Waals surface area contributed by atoms with Crippen LogP contribution in [0.2, 0.25) is 0 Å². The maximum atomic E-state index is 13.5. The molecule has 1 aliphatic carbocycles. The third-order valence-electron chi connectivity index (χ3n) is 6.56. The summed E-state index contributed by atoms with van der Waals surface area (Å²) in [6.45, 7) is 6.11. The summed E-state index contributed by atoms with van der Waals surface area (Å²) < 4.78 is 0. The predicted molar refractivity (Wildman–Crippen MR) is 114 cm³/mol. The van der Waals surface area contributed by atoms with Gasteiger partial charge in [-0.25, -0.2) is 0 Å². The molecule has 0 N–H and O–H groups in total. The number of carbonyl (C=O) groups excluding carboxylic acids is 1. The minimum absolute atomic E-state index is 0.205.